The molecule has 0 amide bonds. The average molecular weight is 236 g/mol. The predicted octanol–water partition coefficient (Wildman–Crippen LogP) is 2.67. The van der Waals surface area contributed by atoms with Gasteiger partial charge >= 0.3 is 0 Å². The second kappa shape index (κ2) is 3.96. The summed E-state index contributed by atoms with van der Waals surface area (Å²) >= 11 is 0. The fraction of sp³-hybridized carbons (Fsp3) is 0.733. The first kappa shape index (κ1) is 12.8. The van der Waals surface area contributed by atoms with Gasteiger partial charge in [0.1, 0.15) is 0 Å². The highest BCUT2D eigenvalue weighted by molar-refractivity contribution is 5.51. The van der Waals surface area contributed by atoms with Gasteiger partial charge < -0.3 is 10.2 Å². The number of aliphatic hydroxyl groups excluding tert-OH is 2. The summed E-state index contributed by atoms with van der Waals surface area (Å²) in [5, 5.41) is 19.4. The highest BCUT2D eigenvalue weighted by atomic mass is 16.3. The Balaban J connectivity index is 2.61. The molecule has 2 atom stereocenters. The molecule has 0 spiro atoms. The van der Waals surface area contributed by atoms with Crippen LogP contribution >= 0.6 is 0 Å². The van der Waals surface area contributed by atoms with Gasteiger partial charge in [0, 0.05) is 5.41 Å². The van der Waals surface area contributed by atoms with Crippen molar-refractivity contribution in [2.45, 2.75) is 40.5 Å². The van der Waals surface area contributed by atoms with Crippen molar-refractivity contribution in [3.05, 3.63) is 22.8 Å². The van der Waals surface area contributed by atoms with Gasteiger partial charge in [-0.25, -0.2) is 0 Å². The van der Waals surface area contributed by atoms with Gasteiger partial charge in [-0.15, -0.1) is 0 Å². The van der Waals surface area contributed by atoms with Crippen LogP contribution in [0.3, 0.4) is 0 Å². The number of hydrogen-bond donors (Lipinski definition) is 2. The first-order valence-electron chi connectivity index (χ1n) is 6.52. The lowest BCUT2D eigenvalue weighted by Crippen LogP contribution is -2.24. The first-order chi connectivity index (χ1) is 7.85. The van der Waals surface area contributed by atoms with Crippen LogP contribution in [0.4, 0.5) is 0 Å². The van der Waals surface area contributed by atoms with Gasteiger partial charge in [0.15, 0.2) is 0 Å². The predicted molar refractivity (Wildman–Crippen MR) is 69.6 cm³/mol. The van der Waals surface area contributed by atoms with E-state index in [-0.39, 0.29) is 24.0 Å². The topological polar surface area (TPSA) is 40.5 Å². The number of allylic oxidation sites excluding steroid dienone is 2. The molecule has 0 aromatic heterocycles. The molecule has 0 aromatic rings. The Kier molecular flexibility index (Phi) is 2.99. The molecule has 2 nitrogen and oxygen atoms in total. The van der Waals surface area contributed by atoms with E-state index in [1.165, 1.54) is 11.1 Å². The third-order valence-electron chi connectivity index (χ3n) is 4.54. The zero-order valence-electron chi connectivity index (χ0n) is 11.4. The van der Waals surface area contributed by atoms with E-state index < -0.39 is 0 Å². The minimum atomic E-state index is -0.178. The Morgan fingerprint density at radius 2 is 1.94 bits per heavy atom. The van der Waals surface area contributed by atoms with Gasteiger partial charge in [0.05, 0.1) is 13.2 Å². The highest BCUT2D eigenvalue weighted by Crippen LogP contribution is 2.59. The van der Waals surface area contributed by atoms with Gasteiger partial charge in [0.2, 0.25) is 0 Å². The number of rotatable bonds is 2. The van der Waals surface area contributed by atoms with E-state index >= 15 is 0 Å². The Hall–Kier alpha value is -0.600. The van der Waals surface area contributed by atoms with Crippen molar-refractivity contribution in [3.63, 3.8) is 0 Å². The fourth-order valence-corrected chi connectivity index (χ4v) is 3.81. The molecule has 1 saturated carbocycles. The summed E-state index contributed by atoms with van der Waals surface area (Å²) in [7, 11) is 0. The second-order valence-electron chi connectivity index (χ2n) is 6.59. The molecule has 0 saturated heterocycles. The first-order valence-corrected chi connectivity index (χ1v) is 6.52. The molecule has 0 bridgehead atoms. The van der Waals surface area contributed by atoms with Crippen molar-refractivity contribution in [1.82, 2.24) is 0 Å². The summed E-state index contributed by atoms with van der Waals surface area (Å²) < 4.78 is 0. The summed E-state index contributed by atoms with van der Waals surface area (Å²) in [6.07, 6.45) is 4.30. The number of fused-ring (bicyclic) bond motifs is 1. The normalized spacial score (nSPS) is 35.9. The molecule has 0 unspecified atom stereocenters. The monoisotopic (exact) mass is 236 g/mol. The van der Waals surface area contributed by atoms with Crippen molar-refractivity contribution < 1.29 is 10.2 Å². The molecular weight excluding hydrogens is 212 g/mol. The van der Waals surface area contributed by atoms with Crippen molar-refractivity contribution in [2.75, 3.05) is 13.2 Å². The quantitative estimate of drug-likeness (QED) is 0.774. The molecule has 96 valence electrons. The van der Waals surface area contributed by atoms with E-state index in [2.05, 4.69) is 33.8 Å². The van der Waals surface area contributed by atoms with E-state index in [0.717, 1.165) is 18.4 Å². The molecule has 2 rings (SSSR count). The Morgan fingerprint density at radius 1 is 1.29 bits per heavy atom. The van der Waals surface area contributed by atoms with E-state index in [4.69, 9.17) is 0 Å². The molecule has 2 heteroatoms. The van der Waals surface area contributed by atoms with Gasteiger partial charge in [-0.1, -0.05) is 33.8 Å². The maximum Gasteiger partial charge on any atom is 0.0650 e. The Morgan fingerprint density at radius 3 is 2.47 bits per heavy atom. The lowest BCUT2D eigenvalue weighted by Gasteiger charge is -2.31. The molecule has 0 radical (unpaired) electrons. The van der Waals surface area contributed by atoms with Crippen molar-refractivity contribution >= 4 is 0 Å². The van der Waals surface area contributed by atoms with Crippen LogP contribution < -0.4 is 0 Å². The second-order valence-corrected chi connectivity index (χ2v) is 6.59. The molecule has 2 aliphatic rings. The van der Waals surface area contributed by atoms with Crippen molar-refractivity contribution in [1.29, 1.82) is 0 Å². The zero-order chi connectivity index (χ0) is 12.8. The van der Waals surface area contributed by atoms with Crippen LogP contribution in [-0.2, 0) is 0 Å². The van der Waals surface area contributed by atoms with Crippen LogP contribution in [-0.4, -0.2) is 23.4 Å². The molecule has 0 heterocycles. The van der Waals surface area contributed by atoms with Crippen LogP contribution in [0, 0.1) is 16.7 Å². The van der Waals surface area contributed by atoms with Crippen molar-refractivity contribution in [3.8, 4) is 0 Å². The third-order valence-corrected chi connectivity index (χ3v) is 4.54. The minimum absolute atomic E-state index is 0.118. The maximum absolute atomic E-state index is 9.75. The van der Waals surface area contributed by atoms with Crippen LogP contribution in [0.5, 0.6) is 0 Å². The highest BCUT2D eigenvalue weighted by Gasteiger charge is 2.49. The van der Waals surface area contributed by atoms with Gasteiger partial charge in [0.25, 0.3) is 0 Å². The van der Waals surface area contributed by atoms with Gasteiger partial charge in [-0.05, 0) is 40.9 Å². The largest absolute Gasteiger partial charge is 0.395 e. The minimum Gasteiger partial charge on any atom is -0.395 e. The smallest absolute Gasteiger partial charge is 0.0650 e. The van der Waals surface area contributed by atoms with Crippen LogP contribution in [0.25, 0.3) is 0 Å². The van der Waals surface area contributed by atoms with E-state index in [1.54, 1.807) is 0 Å². The lowest BCUT2D eigenvalue weighted by atomic mass is 9.75. The summed E-state index contributed by atoms with van der Waals surface area (Å²) in [4.78, 5) is 0. The summed E-state index contributed by atoms with van der Waals surface area (Å²) in [5.74, 6) is 0.401. The molecule has 17 heavy (non-hydrogen) atoms. The maximum atomic E-state index is 9.75. The third kappa shape index (κ3) is 1.78. The van der Waals surface area contributed by atoms with Gasteiger partial charge in [-0.3, -0.25) is 0 Å². The van der Waals surface area contributed by atoms with Crippen molar-refractivity contribution in [2.24, 2.45) is 16.7 Å². The summed E-state index contributed by atoms with van der Waals surface area (Å²) in [5.41, 5.74) is 3.68. The Labute approximate surface area is 104 Å². The van der Waals surface area contributed by atoms with Gasteiger partial charge in [-0.2, -0.15) is 0 Å². The fourth-order valence-electron chi connectivity index (χ4n) is 3.81. The molecule has 2 N–H and O–H groups in total. The standard InChI is InChI=1S/C15H24O2/c1-10-5-6-12-13(11(10)7-16)15(4,9-17)8-14(12,2)3/h6,10,16-17H,5,7-9H2,1-4H3/t10-,15-/m1/s1. The molecule has 0 aromatic carbocycles. The molecular formula is C15H24O2. The molecule has 2 aliphatic carbocycles. The van der Waals surface area contributed by atoms with E-state index in [1.807, 2.05) is 0 Å². The summed E-state index contributed by atoms with van der Waals surface area (Å²) in [6, 6.07) is 0. The lowest BCUT2D eigenvalue weighted by molar-refractivity contribution is 0.157. The van der Waals surface area contributed by atoms with E-state index in [0.29, 0.717) is 5.92 Å². The summed E-state index contributed by atoms with van der Waals surface area (Å²) in [6.45, 7) is 9.06. The number of hydrogen-bond acceptors (Lipinski definition) is 2. The zero-order valence-corrected chi connectivity index (χ0v) is 11.4. The molecule has 1 fully saturated rings. The number of aliphatic hydroxyl groups is 2. The van der Waals surface area contributed by atoms with E-state index in [9.17, 15) is 10.2 Å². The van der Waals surface area contributed by atoms with Crippen LogP contribution in [0.15, 0.2) is 22.8 Å². The Bertz CT molecular complexity index is 390. The SMILES string of the molecule is C[C@@H]1CC=C2C(=C1CO)[C@@](C)(CO)CC2(C)C. The van der Waals surface area contributed by atoms with Crippen LogP contribution in [0.2, 0.25) is 0 Å². The van der Waals surface area contributed by atoms with Crippen LogP contribution in [0.1, 0.15) is 40.5 Å². The average Bonchev–Trinajstić information content (AvgIpc) is 2.47. The molecule has 0 aliphatic heterocycles.